The number of anilines is 1. The SMILES string of the molecule is N#Cc1ccc(Cc2cccc3nc(N)[nH]c23)c2ccccc12. The van der Waals surface area contributed by atoms with Crippen molar-refractivity contribution in [1.29, 1.82) is 5.26 Å². The molecule has 0 fully saturated rings. The highest BCUT2D eigenvalue weighted by Gasteiger charge is 2.10. The van der Waals surface area contributed by atoms with Crippen LogP contribution in [0.15, 0.2) is 54.6 Å². The van der Waals surface area contributed by atoms with E-state index < -0.39 is 0 Å². The summed E-state index contributed by atoms with van der Waals surface area (Å²) in [5.74, 6) is 0.428. The van der Waals surface area contributed by atoms with E-state index in [-0.39, 0.29) is 0 Å². The van der Waals surface area contributed by atoms with E-state index in [1.54, 1.807) is 0 Å². The Bertz CT molecular complexity index is 1070. The van der Waals surface area contributed by atoms with Crippen molar-refractivity contribution in [2.24, 2.45) is 0 Å². The quantitative estimate of drug-likeness (QED) is 0.591. The third kappa shape index (κ3) is 2.19. The highest BCUT2D eigenvalue weighted by atomic mass is 15.0. The molecule has 0 aliphatic carbocycles. The molecular weight excluding hydrogens is 284 g/mol. The number of fused-ring (bicyclic) bond motifs is 2. The van der Waals surface area contributed by atoms with E-state index in [0.717, 1.165) is 33.8 Å². The van der Waals surface area contributed by atoms with Crippen molar-refractivity contribution in [3.63, 3.8) is 0 Å². The molecule has 3 N–H and O–H groups in total. The first-order valence-corrected chi connectivity index (χ1v) is 7.40. The Hall–Kier alpha value is -3.32. The van der Waals surface area contributed by atoms with Crippen molar-refractivity contribution in [2.45, 2.75) is 6.42 Å². The van der Waals surface area contributed by atoms with Crippen molar-refractivity contribution < 1.29 is 0 Å². The van der Waals surface area contributed by atoms with Crippen molar-refractivity contribution >= 4 is 27.8 Å². The van der Waals surface area contributed by atoms with Gasteiger partial charge in [-0.1, -0.05) is 42.5 Å². The fourth-order valence-corrected chi connectivity index (χ4v) is 3.08. The maximum Gasteiger partial charge on any atom is 0.198 e. The first-order chi connectivity index (χ1) is 11.3. The monoisotopic (exact) mass is 298 g/mol. The molecule has 4 nitrogen and oxygen atoms in total. The lowest BCUT2D eigenvalue weighted by atomic mass is 9.95. The Morgan fingerprint density at radius 1 is 0.957 bits per heavy atom. The molecule has 0 saturated carbocycles. The molecule has 23 heavy (non-hydrogen) atoms. The predicted molar refractivity (Wildman–Crippen MR) is 92.0 cm³/mol. The van der Waals surface area contributed by atoms with Crippen LogP contribution < -0.4 is 5.73 Å². The average Bonchev–Trinajstić information content (AvgIpc) is 2.96. The van der Waals surface area contributed by atoms with Gasteiger partial charge in [-0.3, -0.25) is 0 Å². The number of imidazole rings is 1. The molecule has 1 aromatic heterocycles. The van der Waals surface area contributed by atoms with Crippen LogP contribution in [0, 0.1) is 11.3 Å². The average molecular weight is 298 g/mol. The molecule has 0 bridgehead atoms. The van der Waals surface area contributed by atoms with E-state index >= 15 is 0 Å². The van der Waals surface area contributed by atoms with Gasteiger partial charge in [0.2, 0.25) is 0 Å². The zero-order chi connectivity index (χ0) is 15.8. The van der Waals surface area contributed by atoms with Gasteiger partial charge < -0.3 is 10.7 Å². The Morgan fingerprint density at radius 3 is 2.61 bits per heavy atom. The Labute approximate surface area is 133 Å². The van der Waals surface area contributed by atoms with Crippen LogP contribution in [0.1, 0.15) is 16.7 Å². The van der Waals surface area contributed by atoms with Gasteiger partial charge in [-0.15, -0.1) is 0 Å². The van der Waals surface area contributed by atoms with Gasteiger partial charge in [0, 0.05) is 6.42 Å². The minimum absolute atomic E-state index is 0.428. The van der Waals surface area contributed by atoms with Crippen LogP contribution >= 0.6 is 0 Å². The van der Waals surface area contributed by atoms with Gasteiger partial charge in [0.05, 0.1) is 22.7 Å². The lowest BCUT2D eigenvalue weighted by Crippen LogP contribution is -1.93. The molecule has 0 spiro atoms. The topological polar surface area (TPSA) is 78.5 Å². The maximum atomic E-state index is 9.28. The first-order valence-electron chi connectivity index (χ1n) is 7.40. The number of nitrogens with one attached hydrogen (secondary N) is 1. The number of hydrogen-bond donors (Lipinski definition) is 2. The summed E-state index contributed by atoms with van der Waals surface area (Å²) in [6.45, 7) is 0. The number of rotatable bonds is 2. The molecule has 1 heterocycles. The van der Waals surface area contributed by atoms with E-state index in [0.29, 0.717) is 11.5 Å². The largest absolute Gasteiger partial charge is 0.369 e. The van der Waals surface area contributed by atoms with Crippen LogP contribution in [-0.4, -0.2) is 9.97 Å². The van der Waals surface area contributed by atoms with Gasteiger partial charge in [-0.25, -0.2) is 4.98 Å². The summed E-state index contributed by atoms with van der Waals surface area (Å²) >= 11 is 0. The smallest absolute Gasteiger partial charge is 0.198 e. The number of nitriles is 1. The molecule has 4 aromatic rings. The van der Waals surface area contributed by atoms with Crippen LogP contribution in [0.25, 0.3) is 21.8 Å². The molecule has 0 radical (unpaired) electrons. The summed E-state index contributed by atoms with van der Waals surface area (Å²) in [4.78, 5) is 7.42. The molecule has 0 aliphatic rings. The molecule has 0 unspecified atom stereocenters. The number of para-hydroxylation sites is 1. The number of nitrogens with zero attached hydrogens (tertiary/aromatic N) is 2. The molecule has 0 atom stereocenters. The van der Waals surface area contributed by atoms with E-state index in [2.05, 4.69) is 28.2 Å². The summed E-state index contributed by atoms with van der Waals surface area (Å²) in [6, 6.07) is 20.2. The number of benzene rings is 3. The lowest BCUT2D eigenvalue weighted by Gasteiger charge is -2.09. The van der Waals surface area contributed by atoms with Gasteiger partial charge in [-0.05, 0) is 34.0 Å². The zero-order valence-electron chi connectivity index (χ0n) is 12.4. The predicted octanol–water partition coefficient (Wildman–Crippen LogP) is 3.76. The van der Waals surface area contributed by atoms with Crippen LogP contribution in [-0.2, 0) is 6.42 Å². The third-order valence-corrected chi connectivity index (χ3v) is 4.14. The molecule has 4 heteroatoms. The molecule has 110 valence electrons. The standard InChI is InChI=1S/C19H14N4/c20-11-14-9-8-12(15-5-1-2-6-16(14)15)10-13-4-3-7-17-18(13)23-19(21)22-17/h1-9H,10H2,(H3,21,22,23). The third-order valence-electron chi connectivity index (χ3n) is 4.14. The van der Waals surface area contributed by atoms with Gasteiger partial charge >= 0.3 is 0 Å². The molecule has 0 saturated heterocycles. The molecule has 3 aromatic carbocycles. The Balaban J connectivity index is 1.89. The van der Waals surface area contributed by atoms with Crippen molar-refractivity contribution in [1.82, 2.24) is 9.97 Å². The van der Waals surface area contributed by atoms with Crippen molar-refractivity contribution in [3.8, 4) is 6.07 Å². The van der Waals surface area contributed by atoms with Crippen molar-refractivity contribution in [2.75, 3.05) is 5.73 Å². The second kappa shape index (κ2) is 5.15. The van der Waals surface area contributed by atoms with Gasteiger partial charge in [0.25, 0.3) is 0 Å². The zero-order valence-corrected chi connectivity index (χ0v) is 12.4. The summed E-state index contributed by atoms with van der Waals surface area (Å²) < 4.78 is 0. The summed E-state index contributed by atoms with van der Waals surface area (Å²) in [5.41, 5.74) is 10.6. The van der Waals surface area contributed by atoms with E-state index in [1.165, 1.54) is 5.56 Å². The number of nitrogens with two attached hydrogens (primary N) is 1. The minimum atomic E-state index is 0.428. The molecule has 0 amide bonds. The van der Waals surface area contributed by atoms with Gasteiger partial charge in [-0.2, -0.15) is 5.26 Å². The van der Waals surface area contributed by atoms with E-state index in [9.17, 15) is 5.26 Å². The first kappa shape index (κ1) is 13.4. The fourth-order valence-electron chi connectivity index (χ4n) is 3.08. The van der Waals surface area contributed by atoms with Gasteiger partial charge in [0.1, 0.15) is 0 Å². The van der Waals surface area contributed by atoms with Crippen LogP contribution in [0.4, 0.5) is 5.95 Å². The number of nitrogen functional groups attached to an aromatic ring is 1. The number of aromatic nitrogens is 2. The summed E-state index contributed by atoms with van der Waals surface area (Å²) in [6.07, 6.45) is 0.755. The van der Waals surface area contributed by atoms with Gasteiger partial charge in [0.15, 0.2) is 5.95 Å². The molecule has 0 aliphatic heterocycles. The molecule has 4 rings (SSSR count). The van der Waals surface area contributed by atoms with Crippen LogP contribution in [0.5, 0.6) is 0 Å². The number of hydrogen-bond acceptors (Lipinski definition) is 3. The Morgan fingerprint density at radius 2 is 1.78 bits per heavy atom. The minimum Gasteiger partial charge on any atom is -0.369 e. The normalized spacial score (nSPS) is 10.9. The summed E-state index contributed by atoms with van der Waals surface area (Å²) in [7, 11) is 0. The highest BCUT2D eigenvalue weighted by Crippen LogP contribution is 2.27. The van der Waals surface area contributed by atoms with Crippen LogP contribution in [0.3, 0.4) is 0 Å². The fraction of sp³-hybridized carbons (Fsp3) is 0.0526. The number of H-pyrrole nitrogens is 1. The highest BCUT2D eigenvalue weighted by molar-refractivity contribution is 5.91. The second-order valence-corrected chi connectivity index (χ2v) is 5.54. The maximum absolute atomic E-state index is 9.28. The second-order valence-electron chi connectivity index (χ2n) is 5.54. The van der Waals surface area contributed by atoms with Crippen molar-refractivity contribution in [3.05, 3.63) is 71.3 Å². The van der Waals surface area contributed by atoms with E-state index in [1.807, 2.05) is 42.5 Å². The Kier molecular flexibility index (Phi) is 2.99. The number of aromatic amines is 1. The summed E-state index contributed by atoms with van der Waals surface area (Å²) in [5, 5.41) is 11.4. The lowest BCUT2D eigenvalue weighted by molar-refractivity contribution is 1.22. The van der Waals surface area contributed by atoms with Crippen LogP contribution in [0.2, 0.25) is 0 Å². The molecular formula is C19H14N4. The van der Waals surface area contributed by atoms with E-state index in [4.69, 9.17) is 5.73 Å².